The van der Waals surface area contributed by atoms with Crippen molar-refractivity contribution in [2.24, 2.45) is 0 Å². The number of halogens is 3. The standard InChI is InChI=1S/C30H31F2NO2.ClH/c1-33(20-4-7-28(34)21-8-12-23(31)13-9-21)25-16-18-30(19-17-25)27-6-3-2-5-26(27)29(35-30)22-10-14-24(32)15-11-22;/h2-3,5-6,8-15,25,29H,4,7,16-20H2,1H3;1H/t25?,29-,30?;/m1./s1. The van der Waals surface area contributed by atoms with Crippen molar-refractivity contribution in [1.29, 1.82) is 0 Å². The molecule has 1 aliphatic carbocycles. The zero-order valence-electron chi connectivity index (χ0n) is 20.5. The molecule has 5 rings (SSSR count). The Morgan fingerprint density at radius 2 is 1.56 bits per heavy atom. The van der Waals surface area contributed by atoms with E-state index in [0.29, 0.717) is 18.0 Å². The van der Waals surface area contributed by atoms with Crippen LogP contribution in [0.2, 0.25) is 0 Å². The molecule has 3 aromatic carbocycles. The molecule has 0 amide bonds. The average Bonchev–Trinajstić information content (AvgIpc) is 3.19. The molecular formula is C30H32ClF2NO2. The van der Waals surface area contributed by atoms with Crippen LogP contribution in [0.5, 0.6) is 0 Å². The Balaban J connectivity index is 0.00000304. The minimum atomic E-state index is -0.325. The molecular weight excluding hydrogens is 480 g/mol. The summed E-state index contributed by atoms with van der Waals surface area (Å²) >= 11 is 0. The number of hydrogen-bond donors (Lipinski definition) is 0. The third-order valence-corrected chi connectivity index (χ3v) is 7.72. The Morgan fingerprint density at radius 1 is 0.944 bits per heavy atom. The molecule has 1 aliphatic heterocycles. The molecule has 0 saturated heterocycles. The van der Waals surface area contributed by atoms with Crippen molar-refractivity contribution in [2.45, 2.75) is 56.3 Å². The van der Waals surface area contributed by atoms with Crippen LogP contribution in [0.25, 0.3) is 0 Å². The normalized spacial score (nSPS) is 22.9. The first-order valence-corrected chi connectivity index (χ1v) is 12.5. The molecule has 0 N–H and O–H groups in total. The molecule has 36 heavy (non-hydrogen) atoms. The van der Waals surface area contributed by atoms with Crippen LogP contribution in [-0.2, 0) is 10.3 Å². The highest BCUT2D eigenvalue weighted by Crippen LogP contribution is 2.53. The van der Waals surface area contributed by atoms with Gasteiger partial charge in [-0.15, -0.1) is 12.4 Å². The average molecular weight is 512 g/mol. The van der Waals surface area contributed by atoms with E-state index in [2.05, 4.69) is 30.1 Å². The third kappa shape index (κ3) is 5.39. The fraction of sp³-hybridized carbons (Fsp3) is 0.367. The first kappa shape index (κ1) is 26.5. The summed E-state index contributed by atoms with van der Waals surface area (Å²) in [4.78, 5) is 14.8. The molecule has 1 saturated carbocycles. The number of rotatable bonds is 7. The highest BCUT2D eigenvalue weighted by atomic mass is 35.5. The minimum Gasteiger partial charge on any atom is -0.358 e. The summed E-state index contributed by atoms with van der Waals surface area (Å²) < 4.78 is 33.4. The highest BCUT2D eigenvalue weighted by Gasteiger charge is 2.47. The fourth-order valence-electron chi connectivity index (χ4n) is 5.73. The van der Waals surface area contributed by atoms with Crippen molar-refractivity contribution in [2.75, 3.05) is 13.6 Å². The molecule has 1 spiro atoms. The van der Waals surface area contributed by atoms with E-state index in [1.807, 2.05) is 18.2 Å². The Morgan fingerprint density at radius 3 is 2.22 bits per heavy atom. The summed E-state index contributed by atoms with van der Waals surface area (Å²) in [6.45, 7) is 0.847. The molecule has 3 nitrogen and oxygen atoms in total. The molecule has 6 heteroatoms. The Kier molecular flexibility index (Phi) is 8.23. The van der Waals surface area contributed by atoms with Crippen molar-refractivity contribution in [3.8, 4) is 0 Å². The quantitative estimate of drug-likeness (QED) is 0.313. The van der Waals surface area contributed by atoms with Crippen LogP contribution < -0.4 is 0 Å². The van der Waals surface area contributed by atoms with E-state index in [0.717, 1.165) is 44.2 Å². The molecule has 0 radical (unpaired) electrons. The van der Waals surface area contributed by atoms with Gasteiger partial charge in [0, 0.05) is 18.0 Å². The second kappa shape index (κ2) is 11.2. The smallest absolute Gasteiger partial charge is 0.162 e. The SMILES string of the molecule is CN(CCCC(=O)c1ccc(F)cc1)C1CCC2(CC1)O[C@H](c1ccc(F)cc1)c1ccccc12.Cl. The number of nitrogens with zero attached hydrogens (tertiary/aromatic N) is 1. The first-order valence-electron chi connectivity index (χ1n) is 12.5. The van der Waals surface area contributed by atoms with Gasteiger partial charge in [0.05, 0.1) is 5.60 Å². The lowest BCUT2D eigenvalue weighted by Crippen LogP contribution is -2.41. The molecule has 1 heterocycles. The van der Waals surface area contributed by atoms with Crippen molar-refractivity contribution >= 4 is 18.2 Å². The molecule has 190 valence electrons. The number of carbonyl (C=O) groups excluding carboxylic acids is 1. The number of ketones is 1. The van der Waals surface area contributed by atoms with Gasteiger partial charge >= 0.3 is 0 Å². The van der Waals surface area contributed by atoms with Gasteiger partial charge in [-0.3, -0.25) is 4.79 Å². The van der Waals surface area contributed by atoms with Crippen molar-refractivity contribution in [3.63, 3.8) is 0 Å². The van der Waals surface area contributed by atoms with Crippen LogP contribution in [0.4, 0.5) is 8.78 Å². The molecule has 1 atom stereocenters. The second-order valence-electron chi connectivity index (χ2n) is 9.88. The van der Waals surface area contributed by atoms with Crippen LogP contribution >= 0.6 is 12.4 Å². The van der Waals surface area contributed by atoms with Crippen molar-refractivity contribution < 1.29 is 18.3 Å². The van der Waals surface area contributed by atoms with Gasteiger partial charge in [0.25, 0.3) is 0 Å². The maximum absolute atomic E-state index is 13.5. The van der Waals surface area contributed by atoms with Gasteiger partial charge in [-0.25, -0.2) is 8.78 Å². The number of carbonyl (C=O) groups is 1. The largest absolute Gasteiger partial charge is 0.358 e. The van der Waals surface area contributed by atoms with Gasteiger partial charge in [-0.1, -0.05) is 36.4 Å². The van der Waals surface area contributed by atoms with Gasteiger partial charge in [0.15, 0.2) is 5.78 Å². The summed E-state index contributed by atoms with van der Waals surface area (Å²) in [6.07, 6.45) is 4.98. The third-order valence-electron chi connectivity index (χ3n) is 7.72. The van der Waals surface area contributed by atoms with Gasteiger partial charge < -0.3 is 9.64 Å². The van der Waals surface area contributed by atoms with Gasteiger partial charge in [-0.2, -0.15) is 0 Å². The predicted molar refractivity (Wildman–Crippen MR) is 140 cm³/mol. The zero-order valence-corrected chi connectivity index (χ0v) is 21.3. The van der Waals surface area contributed by atoms with Crippen molar-refractivity contribution in [1.82, 2.24) is 4.90 Å². The summed E-state index contributed by atoms with van der Waals surface area (Å²) in [5.41, 5.74) is 3.71. The van der Waals surface area contributed by atoms with Crippen LogP contribution in [0.15, 0.2) is 72.8 Å². The van der Waals surface area contributed by atoms with E-state index in [-0.39, 0.29) is 41.5 Å². The lowest BCUT2D eigenvalue weighted by molar-refractivity contribution is -0.0942. The topological polar surface area (TPSA) is 29.5 Å². The van der Waals surface area contributed by atoms with E-state index in [1.54, 1.807) is 12.1 Å². The minimum absolute atomic E-state index is 0. The Labute approximate surface area is 217 Å². The second-order valence-corrected chi connectivity index (χ2v) is 9.88. The number of Topliss-reactive ketones (excluding diaryl/α,β-unsaturated/α-hetero) is 1. The number of fused-ring (bicyclic) bond motifs is 2. The van der Waals surface area contributed by atoms with Crippen LogP contribution in [0.1, 0.15) is 71.7 Å². The molecule has 2 aliphatic rings. The summed E-state index contributed by atoms with van der Waals surface area (Å²) in [6, 6.07) is 21.3. The maximum Gasteiger partial charge on any atom is 0.162 e. The van der Waals surface area contributed by atoms with E-state index in [9.17, 15) is 13.6 Å². The highest BCUT2D eigenvalue weighted by molar-refractivity contribution is 5.95. The molecule has 0 bridgehead atoms. The molecule has 1 fully saturated rings. The van der Waals surface area contributed by atoms with E-state index in [4.69, 9.17) is 4.74 Å². The first-order chi connectivity index (χ1) is 16.9. The van der Waals surface area contributed by atoms with E-state index < -0.39 is 0 Å². The number of benzene rings is 3. The fourth-order valence-corrected chi connectivity index (χ4v) is 5.73. The molecule has 0 aromatic heterocycles. The summed E-state index contributed by atoms with van der Waals surface area (Å²) in [7, 11) is 2.13. The monoisotopic (exact) mass is 511 g/mol. The maximum atomic E-state index is 13.5. The van der Waals surface area contributed by atoms with Gasteiger partial charge in [-0.05, 0) is 98.8 Å². The van der Waals surface area contributed by atoms with E-state index >= 15 is 0 Å². The van der Waals surface area contributed by atoms with E-state index in [1.165, 1.54) is 35.4 Å². The lowest BCUT2D eigenvalue weighted by atomic mass is 9.77. The lowest BCUT2D eigenvalue weighted by Gasteiger charge is -2.41. The molecule has 0 unspecified atom stereocenters. The summed E-state index contributed by atoms with van der Waals surface area (Å²) in [5.74, 6) is -0.504. The predicted octanol–water partition coefficient (Wildman–Crippen LogP) is 7.24. The molecule has 3 aromatic rings. The zero-order chi connectivity index (χ0) is 24.4. The van der Waals surface area contributed by atoms with Crippen LogP contribution in [0, 0.1) is 11.6 Å². The Bertz CT molecular complexity index is 1170. The van der Waals surface area contributed by atoms with Crippen LogP contribution in [0.3, 0.4) is 0 Å². The van der Waals surface area contributed by atoms with Gasteiger partial charge in [0.2, 0.25) is 0 Å². The number of hydrogen-bond acceptors (Lipinski definition) is 3. The Hall–Kier alpha value is -2.60. The van der Waals surface area contributed by atoms with Gasteiger partial charge in [0.1, 0.15) is 17.7 Å². The summed E-state index contributed by atoms with van der Waals surface area (Å²) in [5, 5.41) is 0. The number of ether oxygens (including phenoxy) is 1. The van der Waals surface area contributed by atoms with Crippen LogP contribution in [-0.4, -0.2) is 30.3 Å². The van der Waals surface area contributed by atoms with Crippen molar-refractivity contribution in [3.05, 3.63) is 107 Å².